The Morgan fingerprint density at radius 3 is 2.23 bits per heavy atom. The minimum atomic E-state index is -0.910. The van der Waals surface area contributed by atoms with Crippen LogP contribution >= 0.6 is 11.8 Å². The topological polar surface area (TPSA) is 84.6 Å². The number of carboxylic acids is 1. The SMILES string of the molecule is O=C(O)COC[C@H]1CC[C@H](Cn2nc(-c3ccccc3)c(-c3ccccc3)c2SCCCO)CC1. The van der Waals surface area contributed by atoms with Crippen molar-refractivity contribution in [3.05, 3.63) is 60.7 Å². The van der Waals surface area contributed by atoms with Crippen LogP contribution in [0.3, 0.4) is 0 Å². The summed E-state index contributed by atoms with van der Waals surface area (Å²) in [6.07, 6.45) is 5.02. The molecule has 1 aliphatic rings. The predicted octanol–water partition coefficient (Wildman–Crippen LogP) is 5.60. The molecule has 0 aliphatic heterocycles. The van der Waals surface area contributed by atoms with Crippen LogP contribution in [0.4, 0.5) is 0 Å². The molecule has 0 saturated heterocycles. The minimum Gasteiger partial charge on any atom is -0.480 e. The van der Waals surface area contributed by atoms with Crippen LogP contribution in [0, 0.1) is 11.8 Å². The summed E-state index contributed by atoms with van der Waals surface area (Å²) >= 11 is 1.78. The molecular weight excluding hydrogens is 460 g/mol. The number of carbonyl (C=O) groups is 1. The van der Waals surface area contributed by atoms with E-state index >= 15 is 0 Å². The Balaban J connectivity index is 1.58. The number of hydrogen-bond acceptors (Lipinski definition) is 5. The first kappa shape index (κ1) is 25.5. The molecule has 1 aromatic heterocycles. The number of carboxylic acid groups (broad SMARTS) is 1. The van der Waals surface area contributed by atoms with Crippen molar-refractivity contribution in [2.24, 2.45) is 11.8 Å². The first-order chi connectivity index (χ1) is 17.2. The number of ether oxygens (including phenoxy) is 1. The molecule has 0 unspecified atom stereocenters. The first-order valence-corrected chi connectivity index (χ1v) is 13.4. The number of nitrogens with zero attached hydrogens (tertiary/aromatic N) is 2. The molecule has 0 bridgehead atoms. The van der Waals surface area contributed by atoms with Crippen LogP contribution in [-0.2, 0) is 16.1 Å². The Morgan fingerprint density at radius 2 is 1.60 bits per heavy atom. The summed E-state index contributed by atoms with van der Waals surface area (Å²) in [5, 5.41) is 24.5. The summed E-state index contributed by atoms with van der Waals surface area (Å²) in [7, 11) is 0. The smallest absolute Gasteiger partial charge is 0.329 e. The Labute approximate surface area is 211 Å². The van der Waals surface area contributed by atoms with E-state index in [1.54, 1.807) is 11.8 Å². The van der Waals surface area contributed by atoms with E-state index in [9.17, 15) is 9.90 Å². The van der Waals surface area contributed by atoms with Crippen LogP contribution in [0.1, 0.15) is 32.1 Å². The average molecular weight is 495 g/mol. The standard InChI is InChI=1S/C28H34N2O4S/c31-16-7-17-35-28-26(23-8-3-1-4-9-23)27(24-10-5-2-6-11-24)29-30(28)18-21-12-14-22(15-13-21)19-34-20-25(32)33/h1-6,8-11,21-22,31H,7,12-20H2,(H,32,33)/t21-,22-. The number of aromatic nitrogens is 2. The van der Waals surface area contributed by atoms with Crippen molar-refractivity contribution < 1.29 is 19.7 Å². The molecule has 4 rings (SSSR count). The molecule has 3 aromatic rings. The molecule has 0 atom stereocenters. The number of hydrogen-bond donors (Lipinski definition) is 2. The lowest BCUT2D eigenvalue weighted by atomic mass is 9.82. The van der Waals surface area contributed by atoms with E-state index in [0.717, 1.165) is 71.8 Å². The van der Waals surface area contributed by atoms with Crippen LogP contribution in [0.2, 0.25) is 0 Å². The summed E-state index contributed by atoms with van der Waals surface area (Å²) in [4.78, 5) is 10.7. The van der Waals surface area contributed by atoms with Crippen molar-refractivity contribution >= 4 is 17.7 Å². The Morgan fingerprint density at radius 1 is 0.971 bits per heavy atom. The van der Waals surface area contributed by atoms with Gasteiger partial charge in [0.15, 0.2) is 0 Å². The number of rotatable bonds is 12. The number of aliphatic carboxylic acids is 1. The van der Waals surface area contributed by atoms with Crippen molar-refractivity contribution in [2.45, 2.75) is 43.7 Å². The molecule has 2 aromatic carbocycles. The fourth-order valence-corrected chi connectivity index (χ4v) is 5.84. The van der Waals surface area contributed by atoms with Crippen LogP contribution in [-0.4, -0.2) is 51.5 Å². The highest BCUT2D eigenvalue weighted by Crippen LogP contribution is 2.41. The molecule has 35 heavy (non-hydrogen) atoms. The number of aliphatic hydroxyl groups excluding tert-OH is 1. The molecule has 1 aliphatic carbocycles. The zero-order valence-electron chi connectivity index (χ0n) is 20.0. The van der Waals surface area contributed by atoms with E-state index < -0.39 is 5.97 Å². The normalized spacial score (nSPS) is 18.0. The van der Waals surface area contributed by atoms with Crippen LogP contribution in [0.15, 0.2) is 65.7 Å². The van der Waals surface area contributed by atoms with Gasteiger partial charge in [-0.2, -0.15) is 5.10 Å². The van der Waals surface area contributed by atoms with E-state index in [1.807, 2.05) is 12.1 Å². The third-order valence-electron chi connectivity index (χ3n) is 6.53. The molecule has 2 N–H and O–H groups in total. The fourth-order valence-electron chi connectivity index (χ4n) is 4.75. The molecule has 6 nitrogen and oxygen atoms in total. The summed E-state index contributed by atoms with van der Waals surface area (Å²) in [6.45, 7) is 1.35. The van der Waals surface area contributed by atoms with Crippen molar-refractivity contribution in [3.63, 3.8) is 0 Å². The highest BCUT2D eigenvalue weighted by atomic mass is 32.2. The molecule has 1 fully saturated rings. The lowest BCUT2D eigenvalue weighted by Gasteiger charge is -2.28. The second-order valence-corrected chi connectivity index (χ2v) is 10.2. The first-order valence-electron chi connectivity index (χ1n) is 12.4. The van der Waals surface area contributed by atoms with E-state index in [2.05, 4.69) is 53.2 Å². The van der Waals surface area contributed by atoms with Crippen molar-refractivity contribution in [1.29, 1.82) is 0 Å². The quantitative estimate of drug-likeness (QED) is 0.252. The van der Waals surface area contributed by atoms with E-state index in [4.69, 9.17) is 14.9 Å². The fraction of sp³-hybridized carbons (Fsp3) is 0.429. The van der Waals surface area contributed by atoms with E-state index in [0.29, 0.717) is 18.4 Å². The van der Waals surface area contributed by atoms with Gasteiger partial charge in [-0.05, 0) is 49.5 Å². The second-order valence-electron chi connectivity index (χ2n) is 9.16. The Bertz CT molecular complexity index is 1060. The summed E-state index contributed by atoms with van der Waals surface area (Å²) in [6, 6.07) is 20.8. The van der Waals surface area contributed by atoms with E-state index in [1.165, 1.54) is 0 Å². The molecule has 7 heteroatoms. The van der Waals surface area contributed by atoms with Crippen LogP contribution in [0.25, 0.3) is 22.4 Å². The third kappa shape index (κ3) is 6.97. The van der Waals surface area contributed by atoms with Gasteiger partial charge in [-0.3, -0.25) is 4.68 Å². The summed E-state index contributed by atoms with van der Waals surface area (Å²) in [5.41, 5.74) is 4.42. The van der Waals surface area contributed by atoms with Gasteiger partial charge in [0.1, 0.15) is 17.3 Å². The number of benzene rings is 2. The van der Waals surface area contributed by atoms with Crippen LogP contribution < -0.4 is 0 Å². The zero-order chi connectivity index (χ0) is 24.5. The van der Waals surface area contributed by atoms with Crippen molar-refractivity contribution in [3.8, 4) is 22.4 Å². The van der Waals surface area contributed by atoms with Gasteiger partial charge in [0, 0.05) is 30.0 Å². The largest absolute Gasteiger partial charge is 0.480 e. The Kier molecular flexibility index (Phi) is 9.40. The average Bonchev–Trinajstić information content (AvgIpc) is 3.24. The summed E-state index contributed by atoms with van der Waals surface area (Å²) < 4.78 is 7.53. The molecule has 1 heterocycles. The van der Waals surface area contributed by atoms with Crippen molar-refractivity contribution in [1.82, 2.24) is 9.78 Å². The monoisotopic (exact) mass is 494 g/mol. The zero-order valence-corrected chi connectivity index (χ0v) is 20.8. The molecular formula is C28H34N2O4S. The van der Waals surface area contributed by atoms with Gasteiger partial charge in [-0.25, -0.2) is 4.79 Å². The molecule has 186 valence electrons. The third-order valence-corrected chi connectivity index (χ3v) is 7.71. The molecule has 0 amide bonds. The number of aliphatic hydroxyl groups is 1. The van der Waals surface area contributed by atoms with Crippen molar-refractivity contribution in [2.75, 3.05) is 25.6 Å². The molecule has 1 saturated carbocycles. The van der Waals surface area contributed by atoms with E-state index in [-0.39, 0.29) is 13.2 Å². The Hall–Kier alpha value is -2.61. The van der Waals surface area contributed by atoms with Gasteiger partial charge in [0.2, 0.25) is 0 Å². The lowest BCUT2D eigenvalue weighted by molar-refractivity contribution is -0.142. The maximum atomic E-state index is 10.7. The highest BCUT2D eigenvalue weighted by molar-refractivity contribution is 7.99. The minimum absolute atomic E-state index is 0.182. The van der Waals surface area contributed by atoms with Gasteiger partial charge in [-0.1, -0.05) is 60.7 Å². The lowest BCUT2D eigenvalue weighted by Crippen LogP contribution is -2.23. The maximum absolute atomic E-state index is 10.7. The molecule has 0 spiro atoms. The predicted molar refractivity (Wildman–Crippen MR) is 139 cm³/mol. The maximum Gasteiger partial charge on any atom is 0.329 e. The van der Waals surface area contributed by atoms with Gasteiger partial charge in [0.25, 0.3) is 0 Å². The van der Waals surface area contributed by atoms with Gasteiger partial charge in [-0.15, -0.1) is 11.8 Å². The molecule has 0 radical (unpaired) electrons. The second kappa shape index (κ2) is 12.9. The van der Waals surface area contributed by atoms with Gasteiger partial charge < -0.3 is 14.9 Å². The van der Waals surface area contributed by atoms with Gasteiger partial charge >= 0.3 is 5.97 Å². The summed E-state index contributed by atoms with van der Waals surface area (Å²) in [5.74, 6) is 0.882. The number of thioether (sulfide) groups is 1. The highest BCUT2D eigenvalue weighted by Gasteiger charge is 2.26. The van der Waals surface area contributed by atoms with Crippen LogP contribution in [0.5, 0.6) is 0 Å². The van der Waals surface area contributed by atoms with Gasteiger partial charge in [0.05, 0.1) is 6.61 Å².